The first kappa shape index (κ1) is 24.1. The van der Waals surface area contributed by atoms with Gasteiger partial charge in [0.1, 0.15) is 18.1 Å². The van der Waals surface area contributed by atoms with Gasteiger partial charge in [-0.3, -0.25) is 4.98 Å². The first-order chi connectivity index (χ1) is 17.1. The fourth-order valence-corrected chi connectivity index (χ4v) is 5.54. The minimum atomic E-state index is -0.765. The molecule has 0 bridgehead atoms. The number of ether oxygens (including phenoxy) is 2. The minimum absolute atomic E-state index is 0.215. The Balaban J connectivity index is 1.26. The van der Waals surface area contributed by atoms with Crippen LogP contribution in [0.2, 0.25) is 5.02 Å². The average Bonchev–Trinajstić information content (AvgIpc) is 3.03. The van der Waals surface area contributed by atoms with Crippen molar-refractivity contribution in [2.45, 2.75) is 50.7 Å². The zero-order chi connectivity index (χ0) is 24.3. The average molecular weight is 493 g/mol. The smallest absolute Gasteiger partial charge is 0.131 e. The molecule has 1 saturated heterocycles. The number of fused-ring (bicyclic) bond motifs is 2. The van der Waals surface area contributed by atoms with E-state index in [1.807, 2.05) is 55.6 Å². The summed E-state index contributed by atoms with van der Waals surface area (Å²) >= 11 is 6.03. The number of aliphatic hydroxyl groups is 1. The molecule has 5 nitrogen and oxygen atoms in total. The number of benzene rings is 2. The van der Waals surface area contributed by atoms with Crippen LogP contribution in [0.25, 0.3) is 0 Å². The molecule has 0 amide bonds. The van der Waals surface area contributed by atoms with E-state index in [9.17, 15) is 5.11 Å². The van der Waals surface area contributed by atoms with Crippen molar-refractivity contribution in [2.75, 3.05) is 26.2 Å². The van der Waals surface area contributed by atoms with Gasteiger partial charge in [-0.2, -0.15) is 0 Å². The largest absolute Gasteiger partial charge is 0.494 e. The van der Waals surface area contributed by atoms with Crippen molar-refractivity contribution in [3.8, 4) is 11.5 Å². The number of hydrogen-bond donors (Lipinski definition) is 1. The summed E-state index contributed by atoms with van der Waals surface area (Å²) in [5, 5.41) is 11.9. The van der Waals surface area contributed by atoms with Crippen molar-refractivity contribution >= 4 is 11.6 Å². The quantitative estimate of drug-likeness (QED) is 0.443. The van der Waals surface area contributed by atoms with E-state index < -0.39 is 5.60 Å². The van der Waals surface area contributed by atoms with Gasteiger partial charge < -0.3 is 19.5 Å². The van der Waals surface area contributed by atoms with Crippen molar-refractivity contribution in [1.82, 2.24) is 9.88 Å². The van der Waals surface area contributed by atoms with Crippen LogP contribution in [0.4, 0.5) is 0 Å². The number of nitrogens with zero attached hydrogens (tertiary/aromatic N) is 2. The summed E-state index contributed by atoms with van der Waals surface area (Å²) < 4.78 is 11.9. The Bertz CT molecular complexity index is 1140. The van der Waals surface area contributed by atoms with Gasteiger partial charge in [0, 0.05) is 35.8 Å². The highest BCUT2D eigenvalue weighted by molar-refractivity contribution is 6.30. The van der Waals surface area contributed by atoms with E-state index >= 15 is 0 Å². The van der Waals surface area contributed by atoms with Crippen LogP contribution in [-0.4, -0.2) is 41.2 Å². The lowest BCUT2D eigenvalue weighted by Gasteiger charge is -2.38. The molecule has 2 aromatic carbocycles. The summed E-state index contributed by atoms with van der Waals surface area (Å²) in [6.45, 7) is 5.91. The van der Waals surface area contributed by atoms with Crippen LogP contribution in [0.5, 0.6) is 11.5 Å². The third kappa shape index (κ3) is 5.32. The molecule has 3 heterocycles. The lowest BCUT2D eigenvalue weighted by molar-refractivity contribution is -0.0261. The monoisotopic (exact) mass is 492 g/mol. The fraction of sp³-hybridized carbons (Fsp3) is 0.414. The fourth-order valence-electron chi connectivity index (χ4n) is 5.41. The summed E-state index contributed by atoms with van der Waals surface area (Å²) in [7, 11) is 0. The van der Waals surface area contributed by atoms with Crippen molar-refractivity contribution < 1.29 is 14.6 Å². The molecule has 0 aliphatic carbocycles. The van der Waals surface area contributed by atoms with Crippen molar-refractivity contribution in [2.24, 2.45) is 0 Å². The number of piperidine rings is 1. The van der Waals surface area contributed by atoms with Gasteiger partial charge in [-0.15, -0.1) is 0 Å². The Morgan fingerprint density at radius 2 is 1.91 bits per heavy atom. The second-order valence-electron chi connectivity index (χ2n) is 9.54. The van der Waals surface area contributed by atoms with E-state index in [4.69, 9.17) is 21.1 Å². The molecule has 35 heavy (non-hydrogen) atoms. The molecule has 3 aromatic rings. The number of rotatable bonds is 7. The van der Waals surface area contributed by atoms with Crippen LogP contribution in [0, 0.1) is 0 Å². The third-order valence-corrected chi connectivity index (χ3v) is 7.62. The van der Waals surface area contributed by atoms with Crippen molar-refractivity contribution in [3.63, 3.8) is 0 Å². The molecular weight excluding hydrogens is 460 g/mol. The molecule has 0 spiro atoms. The summed E-state index contributed by atoms with van der Waals surface area (Å²) in [6.07, 6.45) is 5.37. The van der Waals surface area contributed by atoms with Crippen LogP contribution in [0.15, 0.2) is 60.8 Å². The maximum Gasteiger partial charge on any atom is 0.131 e. The standard InChI is InChI=1S/C29H33ClN2O3/c1-2-34-23-11-12-28-26(19-23)24(25-5-3-15-31-27(25)20-35-28)6-4-16-32-17-13-29(33,14-18-32)21-7-9-22(30)10-8-21/h3,5,7-12,15,19,24,33H,2,4,6,13-14,16-18,20H2,1H3. The van der Waals surface area contributed by atoms with Gasteiger partial charge in [0.15, 0.2) is 0 Å². The number of aromatic nitrogens is 1. The molecule has 1 aromatic heterocycles. The van der Waals surface area contributed by atoms with E-state index in [0.29, 0.717) is 18.2 Å². The molecule has 0 radical (unpaired) electrons. The van der Waals surface area contributed by atoms with Gasteiger partial charge in [-0.05, 0) is 86.7 Å². The molecule has 2 aliphatic rings. The summed E-state index contributed by atoms with van der Waals surface area (Å²) in [4.78, 5) is 7.09. The maximum absolute atomic E-state index is 11.2. The van der Waals surface area contributed by atoms with Gasteiger partial charge in [-0.1, -0.05) is 29.8 Å². The van der Waals surface area contributed by atoms with Gasteiger partial charge in [-0.25, -0.2) is 0 Å². The maximum atomic E-state index is 11.2. The lowest BCUT2D eigenvalue weighted by atomic mass is 9.84. The van der Waals surface area contributed by atoms with Crippen molar-refractivity contribution in [3.05, 3.63) is 88.2 Å². The highest BCUT2D eigenvalue weighted by atomic mass is 35.5. The van der Waals surface area contributed by atoms with Gasteiger partial charge >= 0.3 is 0 Å². The second-order valence-corrected chi connectivity index (χ2v) is 9.97. The van der Waals surface area contributed by atoms with Crippen LogP contribution in [-0.2, 0) is 12.2 Å². The summed E-state index contributed by atoms with van der Waals surface area (Å²) in [6, 6.07) is 18.0. The zero-order valence-corrected chi connectivity index (χ0v) is 21.0. The normalized spacial score (nSPS) is 19.2. The number of hydrogen-bond acceptors (Lipinski definition) is 5. The predicted molar refractivity (Wildman–Crippen MR) is 138 cm³/mol. The SMILES string of the molecule is CCOc1ccc2c(c1)C(CCCN1CCC(O)(c3ccc(Cl)cc3)CC1)c1cccnc1CO2. The molecule has 1 fully saturated rings. The molecular formula is C29H33ClN2O3. The van der Waals surface area contributed by atoms with E-state index in [1.54, 1.807) is 0 Å². The number of halogens is 1. The van der Waals surface area contributed by atoms with Gasteiger partial charge in [0.05, 0.1) is 17.9 Å². The Morgan fingerprint density at radius 1 is 1.11 bits per heavy atom. The van der Waals surface area contributed by atoms with E-state index in [-0.39, 0.29) is 5.92 Å². The molecule has 1 atom stereocenters. The Kier molecular flexibility index (Phi) is 7.28. The number of likely N-dealkylation sites (tertiary alicyclic amines) is 1. The minimum Gasteiger partial charge on any atom is -0.494 e. The molecule has 1 N–H and O–H groups in total. The Morgan fingerprint density at radius 3 is 2.69 bits per heavy atom. The van der Waals surface area contributed by atoms with Gasteiger partial charge in [0.2, 0.25) is 0 Å². The number of pyridine rings is 1. The van der Waals surface area contributed by atoms with E-state index in [0.717, 1.165) is 68.1 Å². The molecule has 5 rings (SSSR count). The highest BCUT2D eigenvalue weighted by Gasteiger charge is 2.34. The van der Waals surface area contributed by atoms with Crippen molar-refractivity contribution in [1.29, 1.82) is 0 Å². The second kappa shape index (κ2) is 10.6. The van der Waals surface area contributed by atoms with Crippen LogP contribution >= 0.6 is 11.6 Å². The molecule has 1 unspecified atom stereocenters. The topological polar surface area (TPSA) is 54.8 Å². The van der Waals surface area contributed by atoms with E-state index in [2.05, 4.69) is 22.0 Å². The van der Waals surface area contributed by atoms with Crippen LogP contribution in [0.1, 0.15) is 60.9 Å². The van der Waals surface area contributed by atoms with Gasteiger partial charge in [0.25, 0.3) is 0 Å². The third-order valence-electron chi connectivity index (χ3n) is 7.36. The zero-order valence-electron chi connectivity index (χ0n) is 20.3. The first-order valence-corrected chi connectivity index (χ1v) is 13.0. The van der Waals surface area contributed by atoms with E-state index in [1.165, 1.54) is 11.1 Å². The van der Waals surface area contributed by atoms with Crippen LogP contribution < -0.4 is 9.47 Å². The van der Waals surface area contributed by atoms with Crippen LogP contribution in [0.3, 0.4) is 0 Å². The molecule has 184 valence electrons. The molecule has 2 aliphatic heterocycles. The Labute approximate surface area is 212 Å². The highest BCUT2D eigenvalue weighted by Crippen LogP contribution is 2.41. The molecule has 6 heteroatoms. The molecule has 0 saturated carbocycles. The predicted octanol–water partition coefficient (Wildman–Crippen LogP) is 5.92. The lowest BCUT2D eigenvalue weighted by Crippen LogP contribution is -2.42. The Hall–Kier alpha value is -2.60. The summed E-state index contributed by atoms with van der Waals surface area (Å²) in [5.74, 6) is 2.01. The summed E-state index contributed by atoms with van der Waals surface area (Å²) in [5.41, 5.74) is 3.64. The first-order valence-electron chi connectivity index (χ1n) is 12.6.